The Hall–Kier alpha value is -3.48. The first kappa shape index (κ1) is 35.8. The second-order valence-electron chi connectivity index (χ2n) is 13.8. The average molecular weight is 678 g/mol. The Morgan fingerprint density at radius 1 is 0.938 bits per heavy atom. The summed E-state index contributed by atoms with van der Waals surface area (Å²) in [6.07, 6.45) is 4.74. The van der Waals surface area contributed by atoms with E-state index in [1.807, 2.05) is 13.8 Å². The summed E-state index contributed by atoms with van der Waals surface area (Å²) < 4.78 is 62.2. The van der Waals surface area contributed by atoms with Crippen LogP contribution in [-0.2, 0) is 14.3 Å². The maximum Gasteiger partial charge on any atom is 0.433 e. The molecule has 3 amide bonds. The molecule has 1 aromatic carbocycles. The molecule has 1 saturated heterocycles. The van der Waals surface area contributed by atoms with Gasteiger partial charge in [0.1, 0.15) is 17.6 Å². The Bertz CT molecular complexity index is 1420. The van der Waals surface area contributed by atoms with Crippen molar-refractivity contribution in [1.29, 1.82) is 0 Å². The van der Waals surface area contributed by atoms with Crippen LogP contribution < -0.4 is 10.6 Å². The number of ether oxygens (including phenoxy) is 1. The number of hydrogen-bond acceptors (Lipinski definition) is 5. The number of alkyl halides is 3. The van der Waals surface area contributed by atoms with Crippen molar-refractivity contribution in [2.45, 2.75) is 115 Å². The third kappa shape index (κ3) is 8.03. The van der Waals surface area contributed by atoms with Gasteiger partial charge in [0.2, 0.25) is 18.0 Å². The van der Waals surface area contributed by atoms with Gasteiger partial charge in [0, 0.05) is 18.8 Å². The number of nitrogens with zero attached hydrogens (tertiary/aromatic N) is 3. The molecule has 2 aromatic rings. The number of carbonyl (C=O) groups is 3. The summed E-state index contributed by atoms with van der Waals surface area (Å²) in [4.78, 5) is 41.7. The van der Waals surface area contributed by atoms with Crippen molar-refractivity contribution in [3.05, 3.63) is 47.5 Å². The number of aromatic nitrogens is 2. The molecule has 0 spiro atoms. The molecule has 1 aliphatic heterocycles. The van der Waals surface area contributed by atoms with E-state index in [0.717, 1.165) is 70.3 Å². The van der Waals surface area contributed by atoms with Crippen LogP contribution in [0, 0.1) is 23.6 Å². The lowest BCUT2D eigenvalue weighted by molar-refractivity contribution is -0.238. The lowest BCUT2D eigenvalue weighted by Gasteiger charge is -2.42. The van der Waals surface area contributed by atoms with Gasteiger partial charge < -0.3 is 20.3 Å². The monoisotopic (exact) mass is 677 g/mol. The van der Waals surface area contributed by atoms with E-state index in [0.29, 0.717) is 10.6 Å². The molecule has 48 heavy (non-hydrogen) atoms. The summed E-state index contributed by atoms with van der Waals surface area (Å²) in [5.41, 5.74) is 0.357. The van der Waals surface area contributed by atoms with E-state index in [1.165, 1.54) is 19.1 Å². The second kappa shape index (κ2) is 15.4. The van der Waals surface area contributed by atoms with Crippen molar-refractivity contribution < 1.29 is 36.7 Å². The molecule has 2 saturated carbocycles. The average Bonchev–Trinajstić information content (AvgIpc) is 3.77. The van der Waals surface area contributed by atoms with Crippen LogP contribution in [0.15, 0.2) is 30.5 Å². The topological polar surface area (TPSA) is 106 Å². The van der Waals surface area contributed by atoms with Gasteiger partial charge in [-0.2, -0.15) is 18.3 Å². The van der Waals surface area contributed by atoms with Gasteiger partial charge in [0.15, 0.2) is 0 Å². The van der Waals surface area contributed by atoms with E-state index < -0.39 is 47.9 Å². The highest BCUT2D eigenvalue weighted by atomic mass is 19.4. The molecule has 1 unspecified atom stereocenters. The molecule has 1 aromatic heterocycles. The number of hydrogen-bond donors (Lipinski definition) is 2. The molecule has 3 aliphatic rings. The molecule has 264 valence electrons. The maximum absolute atomic E-state index is 15.6. The minimum absolute atomic E-state index is 0.0836. The molecular formula is C35H47F4N5O4. The van der Waals surface area contributed by atoms with Crippen LogP contribution in [0.4, 0.5) is 23.2 Å². The number of nitrogens with one attached hydrogen (secondary N) is 2. The smallest absolute Gasteiger partial charge is 0.348 e. The van der Waals surface area contributed by atoms with E-state index >= 15 is 4.39 Å². The molecule has 2 aliphatic carbocycles. The Morgan fingerprint density at radius 2 is 1.56 bits per heavy atom. The fraction of sp³-hybridized carbons (Fsp3) is 0.657. The highest BCUT2D eigenvalue weighted by Crippen LogP contribution is 2.42. The molecule has 2 N–H and O–H groups in total. The molecule has 0 bridgehead atoms. The molecule has 3 atom stereocenters. The van der Waals surface area contributed by atoms with E-state index in [9.17, 15) is 27.6 Å². The van der Waals surface area contributed by atoms with E-state index in [1.54, 1.807) is 16.9 Å². The van der Waals surface area contributed by atoms with Gasteiger partial charge in [-0.05, 0) is 62.3 Å². The number of benzene rings is 1. The quantitative estimate of drug-likeness (QED) is 0.265. The fourth-order valence-corrected chi connectivity index (χ4v) is 7.90. The molecule has 5 rings (SSSR count). The second-order valence-corrected chi connectivity index (χ2v) is 13.8. The number of amides is 3. The SMILES string of the molecule is CC(C)n1nccc1C(=O)N[C@H](C(=O)Nc1ccc([C@H](C)C(=O)N2CCOC2C(F)(F)F)cc1F)C(C1CCCCC1)C1CCCCC1. The van der Waals surface area contributed by atoms with Gasteiger partial charge in [-0.1, -0.05) is 70.3 Å². The van der Waals surface area contributed by atoms with Gasteiger partial charge in [-0.25, -0.2) is 4.39 Å². The van der Waals surface area contributed by atoms with Crippen molar-refractivity contribution in [2.75, 3.05) is 18.5 Å². The number of halogens is 4. The van der Waals surface area contributed by atoms with Crippen LogP contribution in [0.2, 0.25) is 0 Å². The van der Waals surface area contributed by atoms with Crippen molar-refractivity contribution in [3.63, 3.8) is 0 Å². The third-order valence-corrected chi connectivity index (χ3v) is 10.3. The molecular weight excluding hydrogens is 630 g/mol. The number of carbonyl (C=O) groups excluding carboxylic acids is 3. The van der Waals surface area contributed by atoms with E-state index in [2.05, 4.69) is 15.7 Å². The number of rotatable bonds is 10. The van der Waals surface area contributed by atoms with E-state index in [4.69, 9.17) is 4.74 Å². The lowest BCUT2D eigenvalue weighted by Crippen LogP contribution is -2.53. The first-order valence-electron chi connectivity index (χ1n) is 17.3. The highest BCUT2D eigenvalue weighted by molar-refractivity contribution is 6.01. The van der Waals surface area contributed by atoms with Crippen LogP contribution in [0.3, 0.4) is 0 Å². The van der Waals surface area contributed by atoms with Crippen molar-refractivity contribution in [2.24, 2.45) is 17.8 Å². The normalized spacial score (nSPS) is 21.0. The molecule has 0 radical (unpaired) electrons. The molecule has 3 fully saturated rings. The minimum atomic E-state index is -4.75. The summed E-state index contributed by atoms with van der Waals surface area (Å²) in [6.45, 7) is 4.76. The van der Waals surface area contributed by atoms with Gasteiger partial charge in [-0.3, -0.25) is 19.1 Å². The summed E-state index contributed by atoms with van der Waals surface area (Å²) >= 11 is 0. The standard InChI is InChI=1S/C35H47F4N5O4/c1-21(2)44-28(16-17-40-44)31(45)42-30(29(23-10-6-4-7-11-23)24-12-8-5-9-13-24)32(46)41-27-15-14-25(20-26(27)36)22(3)33(47)43-18-19-48-34(43)35(37,38)39/h14-17,20-24,29-30,34H,4-13,18-19H2,1-3H3,(H,41,46)(H,42,45)/t22-,30-,34?/m0/s1. The predicted octanol–water partition coefficient (Wildman–Crippen LogP) is 6.97. The zero-order valence-corrected chi connectivity index (χ0v) is 27.9. The zero-order valence-electron chi connectivity index (χ0n) is 27.9. The Kier molecular flexibility index (Phi) is 11.5. The van der Waals surface area contributed by atoms with Crippen LogP contribution >= 0.6 is 0 Å². The predicted molar refractivity (Wildman–Crippen MR) is 171 cm³/mol. The van der Waals surface area contributed by atoms with E-state index in [-0.39, 0.29) is 48.2 Å². The molecule has 2 heterocycles. The fourth-order valence-electron chi connectivity index (χ4n) is 7.90. The zero-order chi connectivity index (χ0) is 34.6. The minimum Gasteiger partial charge on any atom is -0.348 e. The van der Waals surface area contributed by atoms with Crippen molar-refractivity contribution in [3.8, 4) is 0 Å². The molecule has 9 nitrogen and oxygen atoms in total. The Labute approximate surface area is 279 Å². The lowest BCUT2D eigenvalue weighted by atomic mass is 9.66. The Balaban J connectivity index is 1.40. The van der Waals surface area contributed by atoms with Crippen LogP contribution in [0.25, 0.3) is 0 Å². The van der Waals surface area contributed by atoms with Gasteiger partial charge in [0.25, 0.3) is 5.91 Å². The number of anilines is 1. The Morgan fingerprint density at radius 3 is 2.12 bits per heavy atom. The van der Waals surface area contributed by atoms with Crippen molar-refractivity contribution >= 4 is 23.4 Å². The summed E-state index contributed by atoms with van der Waals surface area (Å²) in [7, 11) is 0. The first-order chi connectivity index (χ1) is 22.9. The third-order valence-electron chi connectivity index (χ3n) is 10.3. The molecule has 13 heteroatoms. The van der Waals surface area contributed by atoms with Crippen LogP contribution in [0.5, 0.6) is 0 Å². The summed E-state index contributed by atoms with van der Waals surface area (Å²) in [5, 5.41) is 10.1. The van der Waals surface area contributed by atoms with Gasteiger partial charge in [-0.15, -0.1) is 0 Å². The summed E-state index contributed by atoms with van der Waals surface area (Å²) in [6, 6.07) is 4.40. The van der Waals surface area contributed by atoms with Crippen LogP contribution in [0.1, 0.15) is 113 Å². The van der Waals surface area contributed by atoms with Gasteiger partial charge >= 0.3 is 6.18 Å². The highest BCUT2D eigenvalue weighted by Gasteiger charge is 2.50. The van der Waals surface area contributed by atoms with Crippen molar-refractivity contribution in [1.82, 2.24) is 20.0 Å². The maximum atomic E-state index is 15.6. The van der Waals surface area contributed by atoms with Crippen LogP contribution in [-0.4, -0.2) is 64.0 Å². The summed E-state index contributed by atoms with van der Waals surface area (Å²) in [5.74, 6) is -3.41. The first-order valence-corrected chi connectivity index (χ1v) is 17.3. The van der Waals surface area contributed by atoms with Gasteiger partial charge in [0.05, 0.1) is 18.2 Å². The largest absolute Gasteiger partial charge is 0.433 e.